The highest BCUT2D eigenvalue weighted by molar-refractivity contribution is 7.99. The molecular weight excluding hydrogens is 248 g/mol. The first-order valence-electron chi connectivity index (χ1n) is 6.76. The molecule has 2 rings (SSSR count). The zero-order chi connectivity index (χ0) is 13.3. The lowest BCUT2D eigenvalue weighted by Gasteiger charge is -2.46. The van der Waals surface area contributed by atoms with Crippen molar-refractivity contribution >= 4 is 23.6 Å². The Labute approximate surface area is 113 Å². The zero-order valence-corrected chi connectivity index (χ0v) is 12.2. The molecule has 0 aliphatic carbocycles. The molecule has 1 N–H and O–H groups in total. The van der Waals surface area contributed by atoms with Crippen molar-refractivity contribution in [3.8, 4) is 0 Å². The number of amides is 2. The van der Waals surface area contributed by atoms with Crippen LogP contribution in [-0.2, 0) is 9.59 Å². The van der Waals surface area contributed by atoms with Crippen LogP contribution in [0.3, 0.4) is 0 Å². The summed E-state index contributed by atoms with van der Waals surface area (Å²) in [4.78, 5) is 26.8. The summed E-state index contributed by atoms with van der Waals surface area (Å²) in [6, 6.07) is -0.0369. The molecule has 0 spiro atoms. The van der Waals surface area contributed by atoms with E-state index in [9.17, 15) is 9.59 Å². The van der Waals surface area contributed by atoms with E-state index in [1.807, 2.05) is 37.4 Å². The summed E-state index contributed by atoms with van der Waals surface area (Å²) in [7, 11) is 0. The number of rotatable bonds is 3. The van der Waals surface area contributed by atoms with E-state index in [2.05, 4.69) is 5.32 Å². The van der Waals surface area contributed by atoms with Crippen LogP contribution >= 0.6 is 11.8 Å². The first-order chi connectivity index (χ1) is 8.53. The highest BCUT2D eigenvalue weighted by atomic mass is 32.2. The molecule has 102 valence electrons. The zero-order valence-electron chi connectivity index (χ0n) is 11.4. The van der Waals surface area contributed by atoms with Crippen molar-refractivity contribution in [2.75, 3.05) is 11.5 Å². The molecule has 2 aliphatic heterocycles. The van der Waals surface area contributed by atoms with Gasteiger partial charge in [-0.15, -0.1) is 0 Å². The minimum atomic E-state index is -0.712. The Kier molecular flexibility index (Phi) is 3.90. The summed E-state index contributed by atoms with van der Waals surface area (Å²) >= 11 is 1.87. The van der Waals surface area contributed by atoms with Crippen molar-refractivity contribution in [3.63, 3.8) is 0 Å². The van der Waals surface area contributed by atoms with E-state index in [-0.39, 0.29) is 23.9 Å². The largest absolute Gasteiger partial charge is 0.340 e. The van der Waals surface area contributed by atoms with E-state index in [1.54, 1.807) is 0 Å². The van der Waals surface area contributed by atoms with Crippen molar-refractivity contribution < 1.29 is 9.59 Å². The molecule has 3 atom stereocenters. The summed E-state index contributed by atoms with van der Waals surface area (Å²) in [5, 5.41) is 2.91. The fraction of sp³-hybridized carbons (Fsp3) is 0.846. The van der Waals surface area contributed by atoms with Gasteiger partial charge in [0.2, 0.25) is 11.8 Å². The molecule has 2 aliphatic rings. The molecule has 3 unspecified atom stereocenters. The highest BCUT2D eigenvalue weighted by Gasteiger charge is 2.48. The van der Waals surface area contributed by atoms with Gasteiger partial charge in [0.25, 0.3) is 0 Å². The third kappa shape index (κ3) is 2.13. The first kappa shape index (κ1) is 13.7. The fourth-order valence-electron chi connectivity index (χ4n) is 2.74. The van der Waals surface area contributed by atoms with Gasteiger partial charge in [0.1, 0.15) is 11.6 Å². The molecular formula is C13H22N2O2S. The highest BCUT2D eigenvalue weighted by Crippen LogP contribution is 2.30. The van der Waals surface area contributed by atoms with Crippen LogP contribution in [-0.4, -0.2) is 45.8 Å². The van der Waals surface area contributed by atoms with Crippen LogP contribution in [0.15, 0.2) is 0 Å². The molecule has 2 heterocycles. The molecule has 2 saturated heterocycles. The smallest absolute Gasteiger partial charge is 0.248 e. The maximum absolute atomic E-state index is 12.7. The molecule has 5 heteroatoms. The van der Waals surface area contributed by atoms with Crippen molar-refractivity contribution in [1.82, 2.24) is 10.2 Å². The molecule has 0 saturated carbocycles. The van der Waals surface area contributed by atoms with Crippen molar-refractivity contribution in [2.24, 2.45) is 0 Å². The predicted octanol–water partition coefficient (Wildman–Crippen LogP) is 1.40. The molecule has 2 fully saturated rings. The topological polar surface area (TPSA) is 49.4 Å². The Hall–Kier alpha value is -0.710. The normalized spacial score (nSPS) is 36.9. The number of thioether (sulfide) groups is 1. The van der Waals surface area contributed by atoms with Gasteiger partial charge in [0.15, 0.2) is 0 Å². The second kappa shape index (κ2) is 5.11. The molecule has 0 aromatic rings. The van der Waals surface area contributed by atoms with Crippen molar-refractivity contribution in [3.05, 3.63) is 0 Å². The van der Waals surface area contributed by atoms with Gasteiger partial charge in [-0.3, -0.25) is 9.59 Å². The third-order valence-electron chi connectivity index (χ3n) is 4.14. The van der Waals surface area contributed by atoms with Crippen LogP contribution < -0.4 is 5.32 Å². The lowest BCUT2D eigenvalue weighted by molar-refractivity contribution is -0.157. The van der Waals surface area contributed by atoms with Gasteiger partial charge < -0.3 is 10.2 Å². The lowest BCUT2D eigenvalue weighted by Crippen LogP contribution is -2.70. The van der Waals surface area contributed by atoms with Gasteiger partial charge in [-0.1, -0.05) is 13.8 Å². The Morgan fingerprint density at radius 1 is 1.44 bits per heavy atom. The van der Waals surface area contributed by atoms with Gasteiger partial charge in [0, 0.05) is 11.8 Å². The van der Waals surface area contributed by atoms with E-state index < -0.39 is 5.54 Å². The summed E-state index contributed by atoms with van der Waals surface area (Å²) in [5.74, 6) is 2.17. The molecule has 0 bridgehead atoms. The van der Waals surface area contributed by atoms with Gasteiger partial charge >= 0.3 is 0 Å². The predicted molar refractivity (Wildman–Crippen MR) is 73.5 cm³/mol. The maximum Gasteiger partial charge on any atom is 0.248 e. The van der Waals surface area contributed by atoms with Gasteiger partial charge in [-0.25, -0.2) is 0 Å². The van der Waals surface area contributed by atoms with Crippen molar-refractivity contribution in [2.45, 2.75) is 57.7 Å². The van der Waals surface area contributed by atoms with Gasteiger partial charge in [-0.05, 0) is 31.9 Å². The van der Waals surface area contributed by atoms with Crippen LogP contribution in [0.25, 0.3) is 0 Å². The van der Waals surface area contributed by atoms with E-state index in [4.69, 9.17) is 0 Å². The number of hydrogen-bond donors (Lipinski definition) is 1. The Balaban J connectivity index is 2.30. The van der Waals surface area contributed by atoms with E-state index in [0.717, 1.165) is 17.9 Å². The van der Waals surface area contributed by atoms with E-state index in [0.29, 0.717) is 12.8 Å². The SMILES string of the molecule is CCC1C(=O)NC(C)(CC)C(=O)N1C1CCSC1. The van der Waals surface area contributed by atoms with Crippen LogP contribution in [0, 0.1) is 0 Å². The van der Waals surface area contributed by atoms with Gasteiger partial charge in [0.05, 0.1) is 0 Å². The Morgan fingerprint density at radius 2 is 2.17 bits per heavy atom. The second-order valence-corrected chi connectivity index (χ2v) is 6.48. The molecule has 0 aromatic carbocycles. The lowest BCUT2D eigenvalue weighted by atomic mass is 9.90. The molecule has 2 amide bonds. The summed E-state index contributed by atoms with van der Waals surface area (Å²) in [6.07, 6.45) is 2.35. The Morgan fingerprint density at radius 3 is 2.67 bits per heavy atom. The molecule has 18 heavy (non-hydrogen) atoms. The fourth-order valence-corrected chi connectivity index (χ4v) is 3.95. The number of hydrogen-bond acceptors (Lipinski definition) is 3. The summed E-state index contributed by atoms with van der Waals surface area (Å²) in [5.41, 5.74) is -0.712. The molecule has 4 nitrogen and oxygen atoms in total. The van der Waals surface area contributed by atoms with Crippen LogP contribution in [0.1, 0.15) is 40.0 Å². The minimum absolute atomic E-state index is 0.0124. The monoisotopic (exact) mass is 270 g/mol. The summed E-state index contributed by atoms with van der Waals surface area (Å²) in [6.45, 7) is 5.77. The number of nitrogens with one attached hydrogen (secondary N) is 1. The average Bonchev–Trinajstić information content (AvgIpc) is 2.86. The first-order valence-corrected chi connectivity index (χ1v) is 7.91. The van der Waals surface area contributed by atoms with Crippen molar-refractivity contribution in [1.29, 1.82) is 0 Å². The standard InChI is InChI=1S/C13H22N2O2S/c1-4-10-11(16)14-13(3,5-2)12(17)15(10)9-6-7-18-8-9/h9-10H,4-8H2,1-3H3,(H,14,16). The van der Waals surface area contributed by atoms with Crippen LogP contribution in [0.5, 0.6) is 0 Å². The Bertz CT molecular complexity index is 355. The van der Waals surface area contributed by atoms with E-state index in [1.165, 1.54) is 0 Å². The second-order valence-electron chi connectivity index (χ2n) is 5.33. The number of nitrogens with zero attached hydrogens (tertiary/aromatic N) is 1. The molecule has 0 radical (unpaired) electrons. The summed E-state index contributed by atoms with van der Waals surface area (Å²) < 4.78 is 0. The average molecular weight is 270 g/mol. The quantitative estimate of drug-likeness (QED) is 0.843. The van der Waals surface area contributed by atoms with Crippen LogP contribution in [0.4, 0.5) is 0 Å². The number of carbonyl (C=O) groups excluding carboxylic acids is 2. The number of piperazine rings is 1. The minimum Gasteiger partial charge on any atom is -0.340 e. The molecule has 0 aromatic heterocycles. The number of carbonyl (C=O) groups is 2. The van der Waals surface area contributed by atoms with Crippen LogP contribution in [0.2, 0.25) is 0 Å². The van der Waals surface area contributed by atoms with E-state index >= 15 is 0 Å². The van der Waals surface area contributed by atoms with Gasteiger partial charge in [-0.2, -0.15) is 11.8 Å². The third-order valence-corrected chi connectivity index (χ3v) is 5.28. The maximum atomic E-state index is 12.7.